The summed E-state index contributed by atoms with van der Waals surface area (Å²) in [4.78, 5) is 24.1. The van der Waals surface area contributed by atoms with Crippen molar-refractivity contribution < 1.29 is 9.59 Å². The largest absolute Gasteiger partial charge is 0.366 e. The van der Waals surface area contributed by atoms with E-state index < -0.39 is 5.91 Å². The van der Waals surface area contributed by atoms with Crippen LogP contribution >= 0.6 is 11.6 Å². The van der Waals surface area contributed by atoms with E-state index >= 15 is 0 Å². The summed E-state index contributed by atoms with van der Waals surface area (Å²) in [5.74, 6) is -0.603. The Morgan fingerprint density at radius 3 is 2.81 bits per heavy atom. The Morgan fingerprint density at radius 2 is 2.19 bits per heavy atom. The highest BCUT2D eigenvalue weighted by Crippen LogP contribution is 2.28. The number of primary amides is 1. The number of amides is 2. The van der Waals surface area contributed by atoms with Crippen molar-refractivity contribution in [2.45, 2.75) is 6.42 Å². The fourth-order valence-corrected chi connectivity index (χ4v) is 2.03. The second-order valence-electron chi connectivity index (χ2n) is 3.64. The summed E-state index contributed by atoms with van der Waals surface area (Å²) in [5.41, 5.74) is 7.46. The summed E-state index contributed by atoms with van der Waals surface area (Å²) >= 11 is 5.51. The molecule has 1 aromatic rings. The lowest BCUT2D eigenvalue weighted by molar-refractivity contribution is -0.116. The molecule has 0 radical (unpaired) electrons. The van der Waals surface area contributed by atoms with Gasteiger partial charge in [-0.2, -0.15) is 0 Å². The number of fused-ring (bicyclic) bond motifs is 1. The van der Waals surface area contributed by atoms with E-state index in [1.807, 2.05) is 0 Å². The number of halogens is 1. The predicted octanol–water partition coefficient (Wildman–Crippen LogP) is 0.913. The Labute approximate surface area is 98.0 Å². The fourth-order valence-electron chi connectivity index (χ4n) is 1.89. The molecule has 0 spiro atoms. The number of anilines is 1. The second kappa shape index (κ2) is 4.14. The van der Waals surface area contributed by atoms with E-state index in [1.165, 1.54) is 0 Å². The highest BCUT2D eigenvalue weighted by molar-refractivity contribution is 6.29. The molecule has 2 rings (SSSR count). The zero-order valence-electron chi connectivity index (χ0n) is 8.57. The van der Waals surface area contributed by atoms with Gasteiger partial charge in [-0.15, -0.1) is 11.6 Å². The maximum Gasteiger partial charge on any atom is 0.248 e. The first-order chi connectivity index (χ1) is 7.63. The van der Waals surface area contributed by atoms with Gasteiger partial charge in [0.15, 0.2) is 0 Å². The normalized spacial score (nSPS) is 13.7. The molecule has 0 aromatic heterocycles. The summed E-state index contributed by atoms with van der Waals surface area (Å²) < 4.78 is 0. The van der Waals surface area contributed by atoms with Crippen LogP contribution in [0.25, 0.3) is 0 Å². The number of rotatable bonds is 2. The molecule has 0 unspecified atom stereocenters. The molecule has 5 heteroatoms. The Morgan fingerprint density at radius 1 is 1.44 bits per heavy atom. The quantitative estimate of drug-likeness (QED) is 0.779. The number of carbonyl (C=O) groups excluding carboxylic acids is 2. The molecule has 0 saturated heterocycles. The van der Waals surface area contributed by atoms with Crippen LogP contribution in [0.15, 0.2) is 18.2 Å². The molecule has 84 valence electrons. The smallest absolute Gasteiger partial charge is 0.248 e. The number of nitrogens with two attached hydrogens (primary N) is 1. The lowest BCUT2D eigenvalue weighted by Crippen LogP contribution is -2.29. The van der Waals surface area contributed by atoms with Crippen molar-refractivity contribution >= 4 is 29.1 Å². The fraction of sp³-hybridized carbons (Fsp3) is 0.273. The second-order valence-corrected chi connectivity index (χ2v) is 3.90. The predicted molar refractivity (Wildman–Crippen MR) is 61.7 cm³/mol. The standard InChI is InChI=1S/C11H11ClN2O2/c12-6-10(15)14-4-3-7-5-8(11(13)16)1-2-9(7)14/h1-2,5H,3-4,6H2,(H2,13,16). The van der Waals surface area contributed by atoms with E-state index in [0.717, 1.165) is 17.7 Å². The molecular formula is C11H11ClN2O2. The van der Waals surface area contributed by atoms with Crippen molar-refractivity contribution in [2.24, 2.45) is 5.73 Å². The number of carbonyl (C=O) groups is 2. The van der Waals surface area contributed by atoms with Gasteiger partial charge in [0, 0.05) is 17.8 Å². The molecule has 1 aromatic carbocycles. The van der Waals surface area contributed by atoms with Crippen LogP contribution in [0.5, 0.6) is 0 Å². The summed E-state index contributed by atoms with van der Waals surface area (Å²) in [7, 11) is 0. The Kier molecular flexibility index (Phi) is 2.83. The van der Waals surface area contributed by atoms with Gasteiger partial charge in [0.25, 0.3) is 0 Å². The Hall–Kier alpha value is -1.55. The van der Waals surface area contributed by atoms with Crippen LogP contribution in [0.1, 0.15) is 15.9 Å². The molecule has 0 aliphatic carbocycles. The van der Waals surface area contributed by atoms with Gasteiger partial charge in [0.1, 0.15) is 5.88 Å². The minimum Gasteiger partial charge on any atom is -0.366 e. The van der Waals surface area contributed by atoms with Gasteiger partial charge in [-0.3, -0.25) is 9.59 Å². The molecule has 1 aliphatic rings. The zero-order valence-corrected chi connectivity index (χ0v) is 9.33. The minimum atomic E-state index is -0.454. The molecule has 0 atom stereocenters. The van der Waals surface area contributed by atoms with Gasteiger partial charge in [0.2, 0.25) is 11.8 Å². The van der Waals surface area contributed by atoms with Crippen LogP contribution in [0.2, 0.25) is 0 Å². The Balaban J connectivity index is 2.36. The first-order valence-electron chi connectivity index (χ1n) is 4.92. The van der Waals surface area contributed by atoms with Gasteiger partial charge in [-0.1, -0.05) is 0 Å². The van der Waals surface area contributed by atoms with Crippen molar-refractivity contribution in [2.75, 3.05) is 17.3 Å². The van der Waals surface area contributed by atoms with Gasteiger partial charge in [-0.25, -0.2) is 0 Å². The number of nitrogens with zero attached hydrogens (tertiary/aromatic N) is 1. The number of alkyl halides is 1. The van der Waals surface area contributed by atoms with Crippen LogP contribution in [0.4, 0.5) is 5.69 Å². The average molecular weight is 239 g/mol. The van der Waals surface area contributed by atoms with Crippen molar-refractivity contribution in [3.05, 3.63) is 29.3 Å². The van der Waals surface area contributed by atoms with Crippen LogP contribution < -0.4 is 10.6 Å². The number of benzene rings is 1. The van der Waals surface area contributed by atoms with Gasteiger partial charge in [-0.05, 0) is 30.2 Å². The van der Waals surface area contributed by atoms with Crippen molar-refractivity contribution in [1.82, 2.24) is 0 Å². The first kappa shape index (κ1) is 11.0. The van der Waals surface area contributed by atoms with E-state index in [0.29, 0.717) is 12.1 Å². The van der Waals surface area contributed by atoms with E-state index in [4.69, 9.17) is 17.3 Å². The minimum absolute atomic E-state index is 0.0307. The Bertz CT molecular complexity index is 459. The van der Waals surface area contributed by atoms with Crippen molar-refractivity contribution in [3.8, 4) is 0 Å². The van der Waals surface area contributed by atoms with Gasteiger partial charge in [0.05, 0.1) is 0 Å². The van der Waals surface area contributed by atoms with Crippen LogP contribution in [0, 0.1) is 0 Å². The summed E-state index contributed by atoms with van der Waals surface area (Å²) in [6.45, 7) is 0.614. The van der Waals surface area contributed by atoms with Crippen LogP contribution in [0.3, 0.4) is 0 Å². The topological polar surface area (TPSA) is 63.4 Å². The summed E-state index contributed by atoms with van der Waals surface area (Å²) in [6.07, 6.45) is 0.735. The molecule has 16 heavy (non-hydrogen) atoms. The number of hydrogen-bond acceptors (Lipinski definition) is 2. The average Bonchev–Trinajstić information content (AvgIpc) is 2.70. The third-order valence-corrected chi connectivity index (χ3v) is 2.90. The van der Waals surface area contributed by atoms with Gasteiger partial charge >= 0.3 is 0 Å². The highest BCUT2D eigenvalue weighted by Gasteiger charge is 2.24. The molecule has 2 N–H and O–H groups in total. The first-order valence-corrected chi connectivity index (χ1v) is 5.46. The molecule has 1 heterocycles. The van der Waals surface area contributed by atoms with E-state index in [2.05, 4.69) is 0 Å². The number of hydrogen-bond donors (Lipinski definition) is 1. The van der Waals surface area contributed by atoms with E-state index in [-0.39, 0.29) is 11.8 Å². The molecule has 0 saturated carbocycles. The molecule has 0 fully saturated rings. The van der Waals surface area contributed by atoms with Crippen molar-refractivity contribution in [3.63, 3.8) is 0 Å². The van der Waals surface area contributed by atoms with E-state index in [1.54, 1.807) is 23.1 Å². The van der Waals surface area contributed by atoms with E-state index in [9.17, 15) is 9.59 Å². The molecule has 1 aliphatic heterocycles. The summed E-state index contributed by atoms with van der Waals surface area (Å²) in [5, 5.41) is 0. The molecule has 2 amide bonds. The molecular weight excluding hydrogens is 228 g/mol. The lowest BCUT2D eigenvalue weighted by Gasteiger charge is -2.15. The third kappa shape index (κ3) is 1.76. The third-order valence-electron chi connectivity index (χ3n) is 2.67. The molecule has 0 bridgehead atoms. The SMILES string of the molecule is NC(=O)c1ccc2c(c1)CCN2C(=O)CCl. The highest BCUT2D eigenvalue weighted by atomic mass is 35.5. The molecule has 4 nitrogen and oxygen atoms in total. The maximum absolute atomic E-state index is 11.5. The maximum atomic E-state index is 11.5. The summed E-state index contributed by atoms with van der Waals surface area (Å²) in [6, 6.07) is 5.10. The van der Waals surface area contributed by atoms with Crippen molar-refractivity contribution in [1.29, 1.82) is 0 Å². The zero-order chi connectivity index (χ0) is 11.7. The van der Waals surface area contributed by atoms with Gasteiger partial charge < -0.3 is 10.6 Å². The lowest BCUT2D eigenvalue weighted by atomic mass is 10.1. The van der Waals surface area contributed by atoms with Crippen LogP contribution in [-0.4, -0.2) is 24.2 Å². The van der Waals surface area contributed by atoms with Crippen LogP contribution in [-0.2, 0) is 11.2 Å². The monoisotopic (exact) mass is 238 g/mol.